The van der Waals surface area contributed by atoms with Crippen molar-refractivity contribution < 1.29 is 18.3 Å². The van der Waals surface area contributed by atoms with E-state index in [1.54, 1.807) is 18.2 Å². The van der Waals surface area contributed by atoms with Crippen molar-refractivity contribution in [3.8, 4) is 0 Å². The predicted octanol–water partition coefficient (Wildman–Crippen LogP) is 4.83. The van der Waals surface area contributed by atoms with Crippen molar-refractivity contribution in [2.24, 2.45) is 5.10 Å². The van der Waals surface area contributed by atoms with E-state index in [1.807, 2.05) is 0 Å². The Kier molecular flexibility index (Phi) is 4.95. The lowest BCUT2D eigenvalue weighted by atomic mass is 9.86. The third-order valence-corrected chi connectivity index (χ3v) is 4.55. The first-order valence-electron chi connectivity index (χ1n) is 7.32. The number of nitrogens with zero attached hydrogens (tertiary/aromatic N) is 2. The molecule has 1 radical (unpaired) electrons. The Morgan fingerprint density at radius 2 is 1.84 bits per heavy atom. The molecular weight excluding hydrogens is 376 g/mol. The zero-order valence-corrected chi connectivity index (χ0v) is 14.1. The summed E-state index contributed by atoms with van der Waals surface area (Å²) in [4.78, 5) is 0. The van der Waals surface area contributed by atoms with Gasteiger partial charge in [0.15, 0.2) is 6.10 Å². The standard InChI is InChI=1S/C17H12Cl2F3N2O/c18-11-2-3-12(14(19)7-11)13(16(25)17(20,21)22)6-9-1-4-15-10(5-9)8-23-24-15/h1-5,7-8,13,16,25H,6H2. The van der Waals surface area contributed by atoms with Gasteiger partial charge in [0.25, 0.3) is 0 Å². The molecule has 2 unspecified atom stereocenters. The summed E-state index contributed by atoms with van der Waals surface area (Å²) < 4.78 is 39.5. The molecular formula is C17H12Cl2F3N2O. The van der Waals surface area contributed by atoms with Crippen LogP contribution in [-0.4, -0.2) is 23.6 Å². The van der Waals surface area contributed by atoms with Gasteiger partial charge < -0.3 is 5.11 Å². The lowest BCUT2D eigenvalue weighted by Gasteiger charge is -2.26. The quantitative estimate of drug-likeness (QED) is 0.802. The monoisotopic (exact) mass is 387 g/mol. The molecule has 0 amide bonds. The van der Waals surface area contributed by atoms with E-state index in [1.165, 1.54) is 24.4 Å². The predicted molar refractivity (Wildman–Crippen MR) is 90.8 cm³/mol. The van der Waals surface area contributed by atoms with Gasteiger partial charge in [-0.3, -0.25) is 0 Å². The van der Waals surface area contributed by atoms with Gasteiger partial charge in [-0.25, -0.2) is 0 Å². The highest BCUT2D eigenvalue weighted by Gasteiger charge is 2.44. The molecule has 0 saturated heterocycles. The van der Waals surface area contributed by atoms with Crippen molar-refractivity contribution in [2.75, 3.05) is 0 Å². The van der Waals surface area contributed by atoms with Crippen molar-refractivity contribution in [1.29, 1.82) is 0 Å². The molecule has 2 aromatic carbocycles. The van der Waals surface area contributed by atoms with Gasteiger partial charge in [0.05, 0.1) is 11.9 Å². The van der Waals surface area contributed by atoms with Crippen molar-refractivity contribution in [1.82, 2.24) is 5.43 Å². The number of hydrogen-bond donors (Lipinski definition) is 1. The van der Waals surface area contributed by atoms with Gasteiger partial charge >= 0.3 is 6.18 Å². The molecule has 0 spiro atoms. The number of alkyl halides is 3. The van der Waals surface area contributed by atoms with E-state index in [0.29, 0.717) is 16.3 Å². The van der Waals surface area contributed by atoms with E-state index < -0.39 is 18.2 Å². The molecule has 8 heteroatoms. The first-order chi connectivity index (χ1) is 11.8. The van der Waals surface area contributed by atoms with Crippen molar-refractivity contribution in [3.63, 3.8) is 0 Å². The highest BCUT2D eigenvalue weighted by molar-refractivity contribution is 6.35. The largest absolute Gasteiger partial charge is 0.414 e. The van der Waals surface area contributed by atoms with Gasteiger partial charge in [-0.1, -0.05) is 35.3 Å². The van der Waals surface area contributed by atoms with Gasteiger partial charge in [0, 0.05) is 21.5 Å². The Balaban J connectivity index is 1.98. The molecule has 1 aliphatic heterocycles. The van der Waals surface area contributed by atoms with Crippen LogP contribution in [0.15, 0.2) is 41.5 Å². The molecule has 0 bridgehead atoms. The van der Waals surface area contributed by atoms with Gasteiger partial charge in [0.2, 0.25) is 0 Å². The lowest BCUT2D eigenvalue weighted by Crippen LogP contribution is -2.35. The molecule has 0 saturated carbocycles. The van der Waals surface area contributed by atoms with Crippen LogP contribution < -0.4 is 5.43 Å². The van der Waals surface area contributed by atoms with E-state index in [-0.39, 0.29) is 17.0 Å². The van der Waals surface area contributed by atoms with Crippen molar-refractivity contribution >= 4 is 35.1 Å². The average molecular weight is 388 g/mol. The summed E-state index contributed by atoms with van der Waals surface area (Å²) >= 11 is 11.9. The molecule has 0 aliphatic carbocycles. The van der Waals surface area contributed by atoms with Gasteiger partial charge in [-0.05, 0) is 41.8 Å². The van der Waals surface area contributed by atoms with Gasteiger partial charge in [0.1, 0.15) is 0 Å². The summed E-state index contributed by atoms with van der Waals surface area (Å²) in [5.74, 6) is -1.27. The molecule has 1 aliphatic rings. The second-order valence-electron chi connectivity index (χ2n) is 5.70. The Labute approximate surface area is 152 Å². The lowest BCUT2D eigenvalue weighted by molar-refractivity contribution is -0.210. The molecule has 131 valence electrons. The maximum Gasteiger partial charge on any atom is 0.414 e. The van der Waals surface area contributed by atoms with Crippen LogP contribution in [-0.2, 0) is 6.42 Å². The van der Waals surface area contributed by atoms with Crippen LogP contribution in [0.4, 0.5) is 18.9 Å². The fourth-order valence-corrected chi connectivity index (χ4v) is 3.30. The minimum Gasteiger partial charge on any atom is -0.383 e. The summed E-state index contributed by atoms with van der Waals surface area (Å²) in [5.41, 5.74) is 6.06. The normalized spacial score (nSPS) is 15.6. The molecule has 2 aromatic rings. The zero-order valence-electron chi connectivity index (χ0n) is 12.6. The van der Waals surface area contributed by atoms with E-state index in [2.05, 4.69) is 10.5 Å². The second kappa shape index (κ2) is 6.86. The SMILES string of the molecule is OC(C(Cc1ccc2c(c1)C=N[N]2)c1ccc(Cl)cc1Cl)C(F)(F)F. The summed E-state index contributed by atoms with van der Waals surface area (Å²) in [5, 5.41) is 14.0. The number of hydrogen-bond acceptors (Lipinski definition) is 2. The molecule has 1 N–H and O–H groups in total. The second-order valence-corrected chi connectivity index (χ2v) is 6.54. The summed E-state index contributed by atoms with van der Waals surface area (Å²) in [6.07, 6.45) is -5.86. The van der Waals surface area contributed by atoms with Crippen LogP contribution >= 0.6 is 23.2 Å². The number of rotatable bonds is 4. The molecule has 25 heavy (non-hydrogen) atoms. The maximum atomic E-state index is 13.2. The Morgan fingerprint density at radius 1 is 1.08 bits per heavy atom. The minimum atomic E-state index is -4.78. The fraction of sp³-hybridized carbons (Fsp3) is 0.235. The van der Waals surface area contributed by atoms with E-state index in [9.17, 15) is 18.3 Å². The zero-order chi connectivity index (χ0) is 18.2. The average Bonchev–Trinajstić information content (AvgIpc) is 2.99. The molecule has 3 nitrogen and oxygen atoms in total. The molecule has 2 atom stereocenters. The van der Waals surface area contributed by atoms with E-state index in [0.717, 1.165) is 5.56 Å². The first kappa shape index (κ1) is 18.0. The summed E-state index contributed by atoms with van der Waals surface area (Å²) in [6, 6.07) is 9.27. The van der Waals surface area contributed by atoms with E-state index >= 15 is 0 Å². The number of aliphatic hydroxyl groups is 1. The smallest absolute Gasteiger partial charge is 0.383 e. The topological polar surface area (TPSA) is 46.7 Å². The summed E-state index contributed by atoms with van der Waals surface area (Å²) in [7, 11) is 0. The van der Waals surface area contributed by atoms with Crippen LogP contribution in [0.2, 0.25) is 10.0 Å². The molecule has 1 heterocycles. The highest BCUT2D eigenvalue weighted by Crippen LogP contribution is 2.38. The Hall–Kier alpha value is -1.76. The van der Waals surface area contributed by atoms with Crippen LogP contribution in [0.5, 0.6) is 0 Å². The Morgan fingerprint density at radius 3 is 2.52 bits per heavy atom. The number of benzene rings is 2. The van der Waals surface area contributed by atoms with Gasteiger partial charge in [-0.2, -0.15) is 23.7 Å². The van der Waals surface area contributed by atoms with Crippen molar-refractivity contribution in [3.05, 3.63) is 63.1 Å². The molecule has 0 fully saturated rings. The summed E-state index contributed by atoms with van der Waals surface area (Å²) in [6.45, 7) is 0. The third kappa shape index (κ3) is 3.92. The number of fused-ring (bicyclic) bond motifs is 1. The van der Waals surface area contributed by atoms with Gasteiger partial charge in [-0.15, -0.1) is 0 Å². The third-order valence-electron chi connectivity index (χ3n) is 3.99. The van der Waals surface area contributed by atoms with Crippen molar-refractivity contribution in [2.45, 2.75) is 24.6 Å². The van der Waals surface area contributed by atoms with Crippen LogP contribution in [0, 0.1) is 0 Å². The minimum absolute atomic E-state index is 0.0524. The van der Waals surface area contributed by atoms with Crippen LogP contribution in [0.3, 0.4) is 0 Å². The molecule has 3 rings (SSSR count). The first-order valence-corrected chi connectivity index (χ1v) is 8.08. The highest BCUT2D eigenvalue weighted by atomic mass is 35.5. The van der Waals surface area contributed by atoms with E-state index in [4.69, 9.17) is 23.2 Å². The fourth-order valence-electron chi connectivity index (χ4n) is 2.75. The van der Waals surface area contributed by atoms with Crippen LogP contribution in [0.25, 0.3) is 0 Å². The Bertz CT molecular complexity index is 824. The molecule has 0 aromatic heterocycles. The maximum absolute atomic E-state index is 13.2. The van der Waals surface area contributed by atoms with Crippen LogP contribution in [0.1, 0.15) is 22.6 Å². The number of aliphatic hydroxyl groups excluding tert-OH is 1. The number of halogens is 5.